The van der Waals surface area contributed by atoms with Crippen LogP contribution in [0.4, 0.5) is 4.79 Å². The lowest BCUT2D eigenvalue weighted by molar-refractivity contribution is 0.0126. The highest BCUT2D eigenvalue weighted by atomic mass is 32.2. The van der Waals surface area contributed by atoms with Crippen LogP contribution in [0.5, 0.6) is 11.5 Å². The van der Waals surface area contributed by atoms with Crippen molar-refractivity contribution in [1.82, 2.24) is 9.88 Å². The van der Waals surface area contributed by atoms with Gasteiger partial charge in [-0.1, -0.05) is 23.9 Å². The molecule has 7 heteroatoms. The van der Waals surface area contributed by atoms with Gasteiger partial charge in [-0.3, -0.25) is 0 Å². The highest BCUT2D eigenvalue weighted by Gasteiger charge is 2.30. The fraction of sp³-hybridized carbons (Fsp3) is 0.500. The zero-order valence-corrected chi connectivity index (χ0v) is 19.4. The maximum atomic E-state index is 12.2. The molecule has 31 heavy (non-hydrogen) atoms. The molecule has 4 rings (SSSR count). The van der Waals surface area contributed by atoms with Gasteiger partial charge in [-0.2, -0.15) is 0 Å². The number of ether oxygens (including phenoxy) is 3. The number of fused-ring (bicyclic) bond motifs is 1. The molecule has 1 aromatic carbocycles. The summed E-state index contributed by atoms with van der Waals surface area (Å²) in [5.74, 6) is 1.69. The van der Waals surface area contributed by atoms with Gasteiger partial charge in [0.25, 0.3) is 0 Å². The molecule has 2 aromatic rings. The van der Waals surface area contributed by atoms with Crippen LogP contribution in [0.2, 0.25) is 0 Å². The lowest BCUT2D eigenvalue weighted by atomic mass is 10.1. The number of pyridine rings is 1. The minimum Gasteiger partial charge on any atom is -0.490 e. The average molecular weight is 443 g/mol. The molecular formula is C24H30N2O4S. The molecule has 166 valence electrons. The standard InChI is InChI=1S/C24H30N2O4S/c1-16-21(29-20-6-5-13-25-22(20)31-16)17-7-9-18(10-8-17)28-19-11-14-26(15-12-19)23(27)30-24(2,3)4/h5-10,13,16,19,21H,11-12,14-15H2,1-4H3. The summed E-state index contributed by atoms with van der Waals surface area (Å²) in [5, 5.41) is 1.22. The number of aromatic nitrogens is 1. The Labute approximate surface area is 188 Å². The molecule has 6 nitrogen and oxygen atoms in total. The summed E-state index contributed by atoms with van der Waals surface area (Å²) in [6, 6.07) is 12.0. The second-order valence-electron chi connectivity index (χ2n) is 9.02. The number of nitrogens with zero attached hydrogens (tertiary/aromatic N) is 2. The van der Waals surface area contributed by atoms with E-state index in [2.05, 4.69) is 24.0 Å². The molecule has 0 aliphatic carbocycles. The summed E-state index contributed by atoms with van der Waals surface area (Å²) in [6.07, 6.45) is 3.23. The Morgan fingerprint density at radius 3 is 2.55 bits per heavy atom. The largest absolute Gasteiger partial charge is 0.490 e. The van der Waals surface area contributed by atoms with Gasteiger partial charge >= 0.3 is 6.09 Å². The summed E-state index contributed by atoms with van der Waals surface area (Å²) in [7, 11) is 0. The average Bonchev–Trinajstić information content (AvgIpc) is 2.73. The zero-order chi connectivity index (χ0) is 22.0. The monoisotopic (exact) mass is 442 g/mol. The van der Waals surface area contributed by atoms with Crippen LogP contribution >= 0.6 is 11.8 Å². The molecule has 1 saturated heterocycles. The van der Waals surface area contributed by atoms with Crippen LogP contribution in [0.3, 0.4) is 0 Å². The van der Waals surface area contributed by atoms with E-state index in [-0.39, 0.29) is 23.6 Å². The van der Waals surface area contributed by atoms with Crippen molar-refractivity contribution in [2.24, 2.45) is 0 Å². The van der Waals surface area contributed by atoms with Gasteiger partial charge in [-0.25, -0.2) is 9.78 Å². The molecule has 2 unspecified atom stereocenters. The normalized spacial score (nSPS) is 21.7. The summed E-state index contributed by atoms with van der Waals surface area (Å²) < 4.78 is 17.9. The van der Waals surface area contributed by atoms with Crippen LogP contribution < -0.4 is 9.47 Å². The van der Waals surface area contributed by atoms with Crippen molar-refractivity contribution in [3.05, 3.63) is 48.2 Å². The smallest absolute Gasteiger partial charge is 0.410 e. The first-order valence-electron chi connectivity index (χ1n) is 10.8. The minimum atomic E-state index is -0.469. The first-order valence-corrected chi connectivity index (χ1v) is 11.7. The molecule has 0 spiro atoms. The number of amides is 1. The van der Waals surface area contributed by atoms with Gasteiger partial charge in [-0.15, -0.1) is 0 Å². The van der Waals surface area contributed by atoms with Crippen molar-refractivity contribution in [3.63, 3.8) is 0 Å². The van der Waals surface area contributed by atoms with Gasteiger partial charge in [0.1, 0.15) is 28.6 Å². The first kappa shape index (κ1) is 21.8. The number of benzene rings is 1. The van der Waals surface area contributed by atoms with E-state index in [0.29, 0.717) is 13.1 Å². The van der Waals surface area contributed by atoms with Crippen molar-refractivity contribution in [2.45, 2.75) is 68.6 Å². The third kappa shape index (κ3) is 5.45. The van der Waals surface area contributed by atoms with E-state index in [1.165, 1.54) is 0 Å². The summed E-state index contributed by atoms with van der Waals surface area (Å²) in [4.78, 5) is 18.4. The van der Waals surface area contributed by atoms with Crippen molar-refractivity contribution in [2.75, 3.05) is 13.1 Å². The quantitative estimate of drug-likeness (QED) is 0.628. The van der Waals surface area contributed by atoms with Crippen LogP contribution in [0.25, 0.3) is 0 Å². The Kier molecular flexibility index (Phi) is 6.32. The van der Waals surface area contributed by atoms with Crippen LogP contribution in [0.1, 0.15) is 52.2 Å². The van der Waals surface area contributed by atoms with Gasteiger partial charge < -0.3 is 19.1 Å². The number of likely N-dealkylation sites (tertiary alicyclic amines) is 1. The van der Waals surface area contributed by atoms with E-state index in [4.69, 9.17) is 14.2 Å². The highest BCUT2D eigenvalue weighted by Crippen LogP contribution is 2.43. The number of hydrogen-bond donors (Lipinski definition) is 0. The van der Waals surface area contributed by atoms with Crippen molar-refractivity contribution >= 4 is 17.9 Å². The van der Waals surface area contributed by atoms with Gasteiger partial charge in [-0.05, 0) is 57.5 Å². The third-order valence-electron chi connectivity index (χ3n) is 5.32. The van der Waals surface area contributed by atoms with Crippen molar-refractivity contribution in [3.8, 4) is 11.5 Å². The zero-order valence-electron chi connectivity index (χ0n) is 18.5. The van der Waals surface area contributed by atoms with E-state index in [0.717, 1.165) is 34.9 Å². The van der Waals surface area contributed by atoms with E-state index in [1.807, 2.05) is 45.0 Å². The van der Waals surface area contributed by atoms with E-state index in [9.17, 15) is 4.79 Å². The second-order valence-corrected chi connectivity index (χ2v) is 10.4. The summed E-state index contributed by atoms with van der Waals surface area (Å²) in [6.45, 7) is 9.12. The molecule has 0 bridgehead atoms. The first-order chi connectivity index (χ1) is 14.8. The van der Waals surface area contributed by atoms with Crippen LogP contribution in [0.15, 0.2) is 47.6 Å². The summed E-state index contributed by atoms with van der Waals surface area (Å²) >= 11 is 1.74. The Hall–Kier alpha value is -2.41. The molecule has 1 fully saturated rings. The number of thioether (sulfide) groups is 1. The third-order valence-corrected chi connectivity index (χ3v) is 6.47. The van der Waals surface area contributed by atoms with Crippen LogP contribution in [-0.2, 0) is 4.74 Å². The predicted octanol–water partition coefficient (Wildman–Crippen LogP) is 5.47. The van der Waals surface area contributed by atoms with Crippen molar-refractivity contribution in [1.29, 1.82) is 0 Å². The topological polar surface area (TPSA) is 60.9 Å². The van der Waals surface area contributed by atoms with Gasteiger partial charge in [0.2, 0.25) is 0 Å². The molecule has 0 N–H and O–H groups in total. The lowest BCUT2D eigenvalue weighted by Gasteiger charge is -2.33. The van der Waals surface area contributed by atoms with Crippen LogP contribution in [-0.4, -0.2) is 46.0 Å². The molecule has 0 radical (unpaired) electrons. The molecule has 0 saturated carbocycles. The fourth-order valence-electron chi connectivity index (χ4n) is 3.78. The number of hydrogen-bond acceptors (Lipinski definition) is 6. The Bertz CT molecular complexity index is 905. The number of rotatable bonds is 3. The maximum Gasteiger partial charge on any atom is 0.410 e. The Morgan fingerprint density at radius 1 is 1.16 bits per heavy atom. The molecule has 1 amide bonds. The molecule has 3 heterocycles. The van der Waals surface area contributed by atoms with Gasteiger partial charge in [0.05, 0.1) is 0 Å². The molecule has 1 aromatic heterocycles. The number of carbonyl (C=O) groups excluding carboxylic acids is 1. The summed E-state index contributed by atoms with van der Waals surface area (Å²) in [5.41, 5.74) is 0.657. The number of carbonyl (C=O) groups is 1. The molecule has 2 aliphatic rings. The molecule has 2 aliphatic heterocycles. The minimum absolute atomic E-state index is 0.0205. The predicted molar refractivity (Wildman–Crippen MR) is 121 cm³/mol. The molecular weight excluding hydrogens is 412 g/mol. The highest BCUT2D eigenvalue weighted by molar-refractivity contribution is 8.00. The van der Waals surface area contributed by atoms with Crippen LogP contribution in [0, 0.1) is 0 Å². The fourth-order valence-corrected chi connectivity index (χ4v) is 4.82. The SMILES string of the molecule is CC1Sc2ncccc2OC1c1ccc(OC2CCN(C(=O)OC(C)(C)C)CC2)cc1. The lowest BCUT2D eigenvalue weighted by Crippen LogP contribution is -2.44. The van der Waals surface area contributed by atoms with Gasteiger partial charge in [0.15, 0.2) is 5.75 Å². The van der Waals surface area contributed by atoms with E-state index < -0.39 is 5.60 Å². The van der Waals surface area contributed by atoms with E-state index in [1.54, 1.807) is 22.9 Å². The maximum absolute atomic E-state index is 12.2. The Balaban J connectivity index is 1.31. The van der Waals surface area contributed by atoms with Gasteiger partial charge in [0, 0.05) is 37.4 Å². The molecule has 2 atom stereocenters. The Morgan fingerprint density at radius 2 is 1.87 bits per heavy atom. The second kappa shape index (κ2) is 8.99. The van der Waals surface area contributed by atoms with Crippen molar-refractivity contribution < 1.29 is 19.0 Å². The van der Waals surface area contributed by atoms with E-state index >= 15 is 0 Å². The number of piperidine rings is 1.